The molecule has 1 atom stereocenters. The zero-order valence-corrected chi connectivity index (χ0v) is 15.2. The molecule has 2 rings (SSSR count). The van der Waals surface area contributed by atoms with E-state index in [1.807, 2.05) is 4.90 Å². The SMILES string of the molecule is CC(C)CC1CCCCCN1CCC(=O)N1CCNCC1.Cl. The molecular weight excluding hydrogens is 298 g/mol. The summed E-state index contributed by atoms with van der Waals surface area (Å²) in [4.78, 5) is 17.0. The number of halogens is 1. The topological polar surface area (TPSA) is 35.6 Å². The maximum absolute atomic E-state index is 12.3. The van der Waals surface area contributed by atoms with Gasteiger partial charge in [-0.15, -0.1) is 12.4 Å². The van der Waals surface area contributed by atoms with Crippen LogP contribution in [0.1, 0.15) is 52.4 Å². The van der Waals surface area contributed by atoms with Crippen molar-refractivity contribution < 1.29 is 4.79 Å². The van der Waals surface area contributed by atoms with Crippen molar-refractivity contribution >= 4 is 18.3 Å². The summed E-state index contributed by atoms with van der Waals surface area (Å²) in [6, 6.07) is 0.698. The minimum absolute atomic E-state index is 0. The number of piperazine rings is 1. The van der Waals surface area contributed by atoms with Gasteiger partial charge in [-0.25, -0.2) is 0 Å². The van der Waals surface area contributed by atoms with Gasteiger partial charge in [-0.05, 0) is 31.7 Å². The highest BCUT2D eigenvalue weighted by atomic mass is 35.5. The van der Waals surface area contributed by atoms with E-state index in [9.17, 15) is 4.79 Å². The Hall–Kier alpha value is -0.320. The molecule has 2 saturated heterocycles. The Morgan fingerprint density at radius 2 is 1.86 bits per heavy atom. The van der Waals surface area contributed by atoms with E-state index in [0.717, 1.165) is 38.6 Å². The smallest absolute Gasteiger partial charge is 0.223 e. The van der Waals surface area contributed by atoms with Crippen molar-refractivity contribution in [1.29, 1.82) is 0 Å². The molecule has 2 fully saturated rings. The van der Waals surface area contributed by atoms with Gasteiger partial charge in [0.15, 0.2) is 0 Å². The van der Waals surface area contributed by atoms with Crippen LogP contribution in [0.5, 0.6) is 0 Å². The minimum Gasteiger partial charge on any atom is -0.340 e. The Labute approximate surface area is 142 Å². The highest BCUT2D eigenvalue weighted by Gasteiger charge is 2.23. The molecule has 130 valence electrons. The monoisotopic (exact) mass is 331 g/mol. The van der Waals surface area contributed by atoms with Gasteiger partial charge in [0, 0.05) is 45.2 Å². The van der Waals surface area contributed by atoms with Crippen molar-refractivity contribution in [3.8, 4) is 0 Å². The molecule has 0 aromatic heterocycles. The highest BCUT2D eigenvalue weighted by molar-refractivity contribution is 5.85. The van der Waals surface area contributed by atoms with Gasteiger partial charge >= 0.3 is 0 Å². The van der Waals surface area contributed by atoms with Crippen LogP contribution in [0.25, 0.3) is 0 Å². The third kappa shape index (κ3) is 6.43. The number of amides is 1. The number of rotatable bonds is 5. The van der Waals surface area contributed by atoms with Crippen LogP contribution in [0.3, 0.4) is 0 Å². The number of nitrogens with zero attached hydrogens (tertiary/aromatic N) is 2. The standard InChI is InChI=1S/C17H33N3O.ClH/c1-15(2)14-16-6-4-3-5-10-19(16)11-7-17(21)20-12-8-18-9-13-20;/h15-16,18H,3-14H2,1-2H3;1H. The number of carbonyl (C=O) groups excluding carboxylic acids is 1. The molecule has 4 nitrogen and oxygen atoms in total. The molecule has 1 amide bonds. The summed E-state index contributed by atoms with van der Waals surface area (Å²) in [6.07, 6.45) is 7.32. The highest BCUT2D eigenvalue weighted by Crippen LogP contribution is 2.22. The molecule has 2 heterocycles. The van der Waals surface area contributed by atoms with Crippen LogP contribution in [0, 0.1) is 5.92 Å². The molecule has 0 aliphatic carbocycles. The van der Waals surface area contributed by atoms with Gasteiger partial charge in [-0.1, -0.05) is 26.7 Å². The lowest BCUT2D eigenvalue weighted by atomic mass is 9.98. The molecule has 0 saturated carbocycles. The maximum Gasteiger partial charge on any atom is 0.223 e. The lowest BCUT2D eigenvalue weighted by Crippen LogP contribution is -2.47. The second kappa shape index (κ2) is 10.5. The fourth-order valence-corrected chi connectivity index (χ4v) is 3.65. The second-order valence-corrected chi connectivity index (χ2v) is 7.05. The summed E-state index contributed by atoms with van der Waals surface area (Å²) in [5, 5.41) is 3.31. The first-order valence-corrected chi connectivity index (χ1v) is 8.89. The second-order valence-electron chi connectivity index (χ2n) is 7.05. The van der Waals surface area contributed by atoms with Crippen LogP contribution in [0.15, 0.2) is 0 Å². The first-order chi connectivity index (χ1) is 10.2. The van der Waals surface area contributed by atoms with Gasteiger partial charge < -0.3 is 10.2 Å². The molecule has 1 N–H and O–H groups in total. The Morgan fingerprint density at radius 3 is 2.55 bits per heavy atom. The van der Waals surface area contributed by atoms with E-state index in [-0.39, 0.29) is 12.4 Å². The Bertz CT molecular complexity index is 319. The van der Waals surface area contributed by atoms with Gasteiger partial charge in [-0.2, -0.15) is 0 Å². The third-order valence-corrected chi connectivity index (χ3v) is 4.83. The Balaban J connectivity index is 0.00000242. The quantitative estimate of drug-likeness (QED) is 0.841. The largest absolute Gasteiger partial charge is 0.340 e. The minimum atomic E-state index is 0. The molecule has 0 aromatic carbocycles. The molecule has 22 heavy (non-hydrogen) atoms. The van der Waals surface area contributed by atoms with Crippen molar-refractivity contribution in [3.05, 3.63) is 0 Å². The van der Waals surface area contributed by atoms with Crippen LogP contribution in [-0.2, 0) is 4.79 Å². The Kier molecular flexibility index (Phi) is 9.37. The van der Waals surface area contributed by atoms with Gasteiger partial charge in [0.25, 0.3) is 0 Å². The van der Waals surface area contributed by atoms with E-state index < -0.39 is 0 Å². The normalized spacial score (nSPS) is 24.0. The zero-order chi connectivity index (χ0) is 15.1. The van der Waals surface area contributed by atoms with Crippen LogP contribution in [-0.4, -0.2) is 61.0 Å². The van der Waals surface area contributed by atoms with Crippen LogP contribution in [0.2, 0.25) is 0 Å². The average Bonchev–Trinajstić information content (AvgIpc) is 2.70. The summed E-state index contributed by atoms with van der Waals surface area (Å²) in [7, 11) is 0. The molecule has 1 unspecified atom stereocenters. The van der Waals surface area contributed by atoms with Crippen LogP contribution < -0.4 is 5.32 Å². The van der Waals surface area contributed by atoms with Gasteiger partial charge in [-0.3, -0.25) is 9.69 Å². The molecule has 5 heteroatoms. The molecule has 0 spiro atoms. The summed E-state index contributed by atoms with van der Waals surface area (Å²) >= 11 is 0. The van der Waals surface area contributed by atoms with Crippen molar-refractivity contribution in [2.75, 3.05) is 39.3 Å². The van der Waals surface area contributed by atoms with Gasteiger partial charge in [0.2, 0.25) is 5.91 Å². The summed E-state index contributed by atoms with van der Waals surface area (Å²) < 4.78 is 0. The Morgan fingerprint density at radius 1 is 1.14 bits per heavy atom. The average molecular weight is 332 g/mol. The molecule has 2 aliphatic heterocycles. The van der Waals surface area contributed by atoms with Crippen molar-refractivity contribution in [2.24, 2.45) is 5.92 Å². The van der Waals surface area contributed by atoms with Crippen molar-refractivity contribution in [3.63, 3.8) is 0 Å². The van der Waals surface area contributed by atoms with Crippen LogP contribution >= 0.6 is 12.4 Å². The lowest BCUT2D eigenvalue weighted by Gasteiger charge is -2.32. The fourth-order valence-electron chi connectivity index (χ4n) is 3.65. The predicted molar refractivity (Wildman–Crippen MR) is 94.6 cm³/mol. The fraction of sp³-hybridized carbons (Fsp3) is 0.941. The maximum atomic E-state index is 12.3. The molecule has 0 bridgehead atoms. The first-order valence-electron chi connectivity index (χ1n) is 8.89. The predicted octanol–water partition coefficient (Wildman–Crippen LogP) is 2.52. The van der Waals surface area contributed by atoms with E-state index in [4.69, 9.17) is 0 Å². The first kappa shape index (κ1) is 19.7. The van der Waals surface area contributed by atoms with Crippen LogP contribution in [0.4, 0.5) is 0 Å². The van der Waals surface area contributed by atoms with Gasteiger partial charge in [0.1, 0.15) is 0 Å². The zero-order valence-electron chi connectivity index (χ0n) is 14.4. The number of likely N-dealkylation sites (tertiary alicyclic amines) is 1. The molecule has 2 aliphatic rings. The number of hydrogen-bond donors (Lipinski definition) is 1. The van der Waals surface area contributed by atoms with E-state index in [0.29, 0.717) is 18.4 Å². The summed E-state index contributed by atoms with van der Waals surface area (Å²) in [5.74, 6) is 1.10. The molecular formula is C17H34ClN3O. The van der Waals surface area contributed by atoms with E-state index in [1.165, 1.54) is 38.6 Å². The van der Waals surface area contributed by atoms with Gasteiger partial charge in [0.05, 0.1) is 0 Å². The summed E-state index contributed by atoms with van der Waals surface area (Å²) in [6.45, 7) is 10.4. The molecule has 0 radical (unpaired) electrons. The van der Waals surface area contributed by atoms with E-state index in [1.54, 1.807) is 0 Å². The lowest BCUT2D eigenvalue weighted by molar-refractivity contribution is -0.132. The number of hydrogen-bond acceptors (Lipinski definition) is 3. The third-order valence-electron chi connectivity index (χ3n) is 4.83. The van der Waals surface area contributed by atoms with E-state index >= 15 is 0 Å². The molecule has 0 aromatic rings. The van der Waals surface area contributed by atoms with E-state index in [2.05, 4.69) is 24.1 Å². The van der Waals surface area contributed by atoms with Crippen molar-refractivity contribution in [2.45, 2.75) is 58.4 Å². The van der Waals surface area contributed by atoms with Crippen molar-refractivity contribution in [1.82, 2.24) is 15.1 Å². The number of nitrogens with one attached hydrogen (secondary N) is 1. The summed E-state index contributed by atoms with van der Waals surface area (Å²) in [5.41, 5.74) is 0. The number of carbonyl (C=O) groups is 1.